The van der Waals surface area contributed by atoms with Crippen molar-refractivity contribution in [1.29, 1.82) is 0 Å². The Kier molecular flexibility index (Phi) is 7.38. The highest BCUT2D eigenvalue weighted by Crippen LogP contribution is 2.44. The van der Waals surface area contributed by atoms with E-state index < -0.39 is 0 Å². The van der Waals surface area contributed by atoms with Crippen molar-refractivity contribution in [2.24, 2.45) is 0 Å². The SMILES string of the molecule is c1cc(-c2ccc3oc4c(ccc5c6cc(-n7c8ccccc8c8ccccc87)ccc6oc54)c3c2)cc(-c2ccc3oc4c(ccc5c6cc(-n7c8ccccc8c8ccccc87)ccc6oc54)c3c2)c1. The van der Waals surface area contributed by atoms with Crippen LogP contribution in [-0.4, -0.2) is 9.13 Å². The zero-order valence-electron chi connectivity index (χ0n) is 38.3. The quantitative estimate of drug-likeness (QED) is 0.176. The summed E-state index contributed by atoms with van der Waals surface area (Å²) in [7, 11) is 0. The van der Waals surface area contributed by atoms with Crippen molar-refractivity contribution in [2.75, 3.05) is 0 Å². The predicted octanol–water partition coefficient (Wildman–Crippen LogP) is 18.8. The minimum absolute atomic E-state index is 0.757. The summed E-state index contributed by atoms with van der Waals surface area (Å²) in [6, 6.07) is 77.8. The number of hydrogen-bond acceptors (Lipinski definition) is 4. The van der Waals surface area contributed by atoms with E-state index in [9.17, 15) is 0 Å². The fraction of sp³-hybridized carbons (Fsp3) is 0. The van der Waals surface area contributed by atoms with Crippen LogP contribution in [0.2, 0.25) is 0 Å². The number of nitrogens with zero attached hydrogens (tertiary/aromatic N) is 2. The van der Waals surface area contributed by atoms with E-state index in [1.807, 2.05) is 0 Å². The molecule has 0 unspecified atom stereocenters. The Morgan fingerprint density at radius 2 is 0.514 bits per heavy atom. The Morgan fingerprint density at radius 1 is 0.208 bits per heavy atom. The largest absolute Gasteiger partial charge is 0.452 e. The van der Waals surface area contributed by atoms with Crippen molar-refractivity contribution in [3.63, 3.8) is 0 Å². The van der Waals surface area contributed by atoms with E-state index in [0.717, 1.165) is 121 Å². The maximum absolute atomic E-state index is 6.64. The van der Waals surface area contributed by atoms with E-state index >= 15 is 0 Å². The predicted molar refractivity (Wildman–Crippen MR) is 295 cm³/mol. The molecule has 0 bridgehead atoms. The average Bonchev–Trinajstić information content (AvgIpc) is 4.29. The average molecular weight is 921 g/mol. The van der Waals surface area contributed by atoms with E-state index in [1.165, 1.54) is 43.6 Å². The first-order valence-electron chi connectivity index (χ1n) is 24.4. The molecule has 0 saturated carbocycles. The third-order valence-electron chi connectivity index (χ3n) is 15.3. The van der Waals surface area contributed by atoms with E-state index in [2.05, 4.69) is 228 Å². The van der Waals surface area contributed by atoms with Crippen molar-refractivity contribution in [2.45, 2.75) is 0 Å². The molecular formula is C66H36N2O4. The third kappa shape index (κ3) is 5.16. The monoisotopic (exact) mass is 920 g/mol. The molecule has 0 N–H and O–H groups in total. The minimum Gasteiger partial charge on any atom is -0.452 e. The van der Waals surface area contributed by atoms with Gasteiger partial charge in [0, 0.05) is 76.0 Å². The van der Waals surface area contributed by atoms with Crippen molar-refractivity contribution in [1.82, 2.24) is 9.13 Å². The lowest BCUT2D eigenvalue weighted by atomic mass is 9.97. The molecule has 0 fully saturated rings. The highest BCUT2D eigenvalue weighted by molar-refractivity contribution is 6.21. The summed E-state index contributed by atoms with van der Waals surface area (Å²) in [5.41, 5.74) is 17.7. The third-order valence-corrected chi connectivity index (χ3v) is 15.3. The number of rotatable bonds is 4. The van der Waals surface area contributed by atoms with Gasteiger partial charge in [-0.1, -0.05) is 103 Å². The molecular weight excluding hydrogens is 885 g/mol. The Bertz CT molecular complexity index is 4760. The summed E-state index contributed by atoms with van der Waals surface area (Å²) in [5.74, 6) is 0. The maximum Gasteiger partial charge on any atom is 0.178 e. The molecule has 72 heavy (non-hydrogen) atoms. The Balaban J connectivity index is 0.729. The van der Waals surface area contributed by atoms with Gasteiger partial charge in [0.2, 0.25) is 0 Å². The molecule has 11 aromatic carbocycles. The number of furan rings is 4. The number of benzene rings is 11. The number of para-hydroxylation sites is 4. The Morgan fingerprint density at radius 3 is 0.875 bits per heavy atom. The van der Waals surface area contributed by atoms with Crippen LogP contribution in [0.5, 0.6) is 0 Å². The van der Waals surface area contributed by atoms with Crippen LogP contribution in [0.3, 0.4) is 0 Å². The van der Waals surface area contributed by atoms with E-state index in [1.54, 1.807) is 0 Å². The second-order valence-corrected chi connectivity index (χ2v) is 19.1. The van der Waals surface area contributed by atoms with Crippen LogP contribution >= 0.6 is 0 Å². The van der Waals surface area contributed by atoms with Crippen LogP contribution in [0.1, 0.15) is 0 Å². The molecule has 17 rings (SSSR count). The molecule has 334 valence electrons. The molecule has 0 spiro atoms. The molecule has 0 radical (unpaired) electrons. The van der Waals surface area contributed by atoms with Gasteiger partial charge in [0.15, 0.2) is 22.3 Å². The van der Waals surface area contributed by atoms with Gasteiger partial charge in [-0.15, -0.1) is 0 Å². The molecule has 17 aromatic rings. The van der Waals surface area contributed by atoms with Gasteiger partial charge in [0.05, 0.1) is 22.1 Å². The highest BCUT2D eigenvalue weighted by atomic mass is 16.4. The first-order valence-corrected chi connectivity index (χ1v) is 24.4. The van der Waals surface area contributed by atoms with Crippen molar-refractivity contribution < 1.29 is 17.7 Å². The molecule has 6 heterocycles. The zero-order valence-corrected chi connectivity index (χ0v) is 38.3. The molecule has 0 amide bonds. The highest BCUT2D eigenvalue weighted by Gasteiger charge is 2.21. The Hall–Kier alpha value is -9.78. The van der Waals surface area contributed by atoms with Crippen molar-refractivity contribution >= 4 is 131 Å². The van der Waals surface area contributed by atoms with Crippen LogP contribution < -0.4 is 0 Å². The summed E-state index contributed by atoms with van der Waals surface area (Å²) in [4.78, 5) is 0. The fourth-order valence-electron chi connectivity index (χ4n) is 12.0. The molecule has 0 saturated heterocycles. The molecule has 0 atom stereocenters. The number of aromatic nitrogens is 2. The standard InChI is InChI=1S/C66H36N2O4/c1-5-16-55-43(12-1)44-13-2-6-17-56(44)67(55)41-22-30-61-53(35-41)49-26-24-47-51-33-39(20-28-59(51)69-63(47)65(49)71-61)37-10-9-11-38(32-37)40-21-29-60-52(34-40)48-25-27-50-54-36-42(23-31-62(54)72-66(50)64(48)70-60)68-57-18-7-3-14-45(57)46-15-4-8-19-58(46)68/h1-36H. The smallest absolute Gasteiger partial charge is 0.178 e. The van der Waals surface area contributed by atoms with Gasteiger partial charge in [0.25, 0.3) is 0 Å². The molecule has 6 aromatic heterocycles. The normalized spacial score (nSPS) is 12.4. The van der Waals surface area contributed by atoms with Crippen molar-refractivity contribution in [3.05, 3.63) is 218 Å². The van der Waals surface area contributed by atoms with Gasteiger partial charge < -0.3 is 26.8 Å². The van der Waals surface area contributed by atoms with Crippen LogP contribution in [0.4, 0.5) is 0 Å². The molecule has 0 aliphatic carbocycles. The number of hydrogen-bond donors (Lipinski definition) is 0. The van der Waals surface area contributed by atoms with Gasteiger partial charge in [-0.3, -0.25) is 0 Å². The maximum atomic E-state index is 6.64. The minimum atomic E-state index is 0.757. The molecule has 0 aliphatic rings. The zero-order chi connectivity index (χ0) is 46.8. The van der Waals surface area contributed by atoms with Gasteiger partial charge in [-0.25, -0.2) is 0 Å². The topological polar surface area (TPSA) is 62.4 Å². The lowest BCUT2D eigenvalue weighted by Crippen LogP contribution is -1.93. The van der Waals surface area contributed by atoms with Crippen LogP contribution in [0, 0.1) is 0 Å². The second kappa shape index (κ2) is 13.9. The summed E-state index contributed by atoms with van der Waals surface area (Å²) in [6.45, 7) is 0. The molecule has 0 aliphatic heterocycles. The molecule has 6 heteroatoms. The second-order valence-electron chi connectivity index (χ2n) is 19.1. The first kappa shape index (κ1) is 38.1. The van der Waals surface area contributed by atoms with Crippen LogP contribution in [-0.2, 0) is 0 Å². The summed E-state index contributed by atoms with van der Waals surface area (Å²) >= 11 is 0. The van der Waals surface area contributed by atoms with E-state index in [4.69, 9.17) is 17.7 Å². The van der Waals surface area contributed by atoms with E-state index in [-0.39, 0.29) is 0 Å². The fourth-order valence-corrected chi connectivity index (χ4v) is 12.0. The van der Waals surface area contributed by atoms with Gasteiger partial charge in [0.1, 0.15) is 22.3 Å². The molecule has 6 nitrogen and oxygen atoms in total. The Labute approximate surface area is 408 Å². The lowest BCUT2D eigenvalue weighted by Gasteiger charge is -2.08. The summed E-state index contributed by atoms with van der Waals surface area (Å²) in [5, 5.41) is 13.3. The first-order chi connectivity index (χ1) is 35.7. The number of fused-ring (bicyclic) bond motifs is 20. The van der Waals surface area contributed by atoms with E-state index in [0.29, 0.717) is 0 Å². The van der Waals surface area contributed by atoms with Gasteiger partial charge in [-0.05, 0) is 138 Å². The van der Waals surface area contributed by atoms with Gasteiger partial charge in [-0.2, -0.15) is 0 Å². The lowest BCUT2D eigenvalue weighted by molar-refractivity contribution is 0.633. The summed E-state index contributed by atoms with van der Waals surface area (Å²) < 4.78 is 31.2. The van der Waals surface area contributed by atoms with Gasteiger partial charge >= 0.3 is 0 Å². The van der Waals surface area contributed by atoms with Crippen LogP contribution in [0.25, 0.3) is 165 Å². The van der Waals surface area contributed by atoms with Crippen molar-refractivity contribution in [3.8, 4) is 33.6 Å². The van der Waals surface area contributed by atoms with Crippen LogP contribution in [0.15, 0.2) is 236 Å². The summed E-state index contributed by atoms with van der Waals surface area (Å²) in [6.07, 6.45) is 0.